The van der Waals surface area contributed by atoms with E-state index in [1.165, 1.54) is 12.8 Å². The molecule has 1 amide bonds. The standard InChI is InChI=1S/C20H32N4O4/c1-3-27-13-20(25)23-8-15-6-18(24-10-17(12-26-2)21-22-24)19(7-16(15)9-23)28-11-14-4-5-14/h10,14-16,18-19H,3-9,11-13H2,1-2H3/t15-,16+,18-,19-/m1/s1. The highest BCUT2D eigenvalue weighted by Gasteiger charge is 2.45. The molecule has 1 aromatic rings. The van der Waals surface area contributed by atoms with E-state index in [4.69, 9.17) is 14.2 Å². The molecule has 1 aromatic heterocycles. The number of hydrogen-bond acceptors (Lipinski definition) is 6. The molecule has 0 spiro atoms. The molecule has 28 heavy (non-hydrogen) atoms. The van der Waals surface area contributed by atoms with Crippen LogP contribution in [0.1, 0.15) is 44.3 Å². The van der Waals surface area contributed by atoms with Crippen LogP contribution >= 0.6 is 0 Å². The Bertz CT molecular complexity index is 662. The van der Waals surface area contributed by atoms with Gasteiger partial charge in [0.2, 0.25) is 5.91 Å². The maximum absolute atomic E-state index is 12.4. The lowest BCUT2D eigenvalue weighted by atomic mass is 9.77. The Hall–Kier alpha value is -1.51. The Labute approximate surface area is 166 Å². The third kappa shape index (κ3) is 4.55. The van der Waals surface area contributed by atoms with Gasteiger partial charge in [0.25, 0.3) is 0 Å². The van der Waals surface area contributed by atoms with Crippen molar-refractivity contribution < 1.29 is 19.0 Å². The molecule has 0 N–H and O–H groups in total. The number of nitrogens with zero attached hydrogens (tertiary/aromatic N) is 4. The summed E-state index contributed by atoms with van der Waals surface area (Å²) in [6.45, 7) is 5.60. The predicted octanol–water partition coefficient (Wildman–Crippen LogP) is 1.67. The van der Waals surface area contributed by atoms with Crippen LogP contribution in [-0.4, -0.2) is 71.9 Å². The largest absolute Gasteiger partial charge is 0.378 e. The topological polar surface area (TPSA) is 78.7 Å². The van der Waals surface area contributed by atoms with Crippen molar-refractivity contribution in [2.75, 3.05) is 40.0 Å². The molecule has 2 saturated carbocycles. The summed E-state index contributed by atoms with van der Waals surface area (Å²) in [7, 11) is 1.66. The third-order valence-corrected chi connectivity index (χ3v) is 6.30. The number of hydrogen-bond donors (Lipinski definition) is 0. The van der Waals surface area contributed by atoms with Gasteiger partial charge in [-0.1, -0.05) is 5.21 Å². The van der Waals surface area contributed by atoms with E-state index in [1.54, 1.807) is 7.11 Å². The molecule has 156 valence electrons. The summed E-state index contributed by atoms with van der Waals surface area (Å²) < 4.78 is 18.8. The molecule has 1 saturated heterocycles. The predicted molar refractivity (Wildman–Crippen MR) is 102 cm³/mol. The SMILES string of the molecule is CCOCC(=O)N1C[C@H]2C[C@@H](n3cc(COC)nn3)[C@H](OCC3CC3)C[C@H]2C1. The lowest BCUT2D eigenvalue weighted by molar-refractivity contribution is -0.135. The number of rotatable bonds is 9. The van der Waals surface area contributed by atoms with Crippen LogP contribution in [0.4, 0.5) is 0 Å². The zero-order valence-corrected chi connectivity index (χ0v) is 17.0. The molecule has 2 aliphatic carbocycles. The number of amides is 1. The molecule has 0 aromatic carbocycles. The normalized spacial score (nSPS) is 29.9. The highest BCUT2D eigenvalue weighted by atomic mass is 16.5. The van der Waals surface area contributed by atoms with Crippen molar-refractivity contribution in [3.63, 3.8) is 0 Å². The molecule has 0 bridgehead atoms. The molecular formula is C20H32N4O4. The molecule has 1 aliphatic heterocycles. The highest BCUT2D eigenvalue weighted by Crippen LogP contribution is 2.43. The lowest BCUT2D eigenvalue weighted by Crippen LogP contribution is -2.38. The van der Waals surface area contributed by atoms with Gasteiger partial charge < -0.3 is 19.1 Å². The van der Waals surface area contributed by atoms with Crippen LogP contribution in [0, 0.1) is 17.8 Å². The molecule has 2 heterocycles. The van der Waals surface area contributed by atoms with Gasteiger partial charge in [-0.25, -0.2) is 4.68 Å². The Morgan fingerprint density at radius 3 is 2.75 bits per heavy atom. The van der Waals surface area contributed by atoms with Crippen LogP contribution in [0.15, 0.2) is 6.20 Å². The van der Waals surface area contributed by atoms with Crippen LogP contribution < -0.4 is 0 Å². The molecule has 3 fully saturated rings. The quantitative estimate of drug-likeness (QED) is 0.636. The van der Waals surface area contributed by atoms with E-state index in [9.17, 15) is 4.79 Å². The molecule has 8 nitrogen and oxygen atoms in total. The minimum absolute atomic E-state index is 0.103. The highest BCUT2D eigenvalue weighted by molar-refractivity contribution is 5.77. The summed E-state index contributed by atoms with van der Waals surface area (Å²) in [5.74, 6) is 1.80. The zero-order valence-electron chi connectivity index (χ0n) is 17.0. The number of carbonyl (C=O) groups excluding carboxylic acids is 1. The molecule has 0 unspecified atom stereocenters. The maximum Gasteiger partial charge on any atom is 0.248 e. The van der Waals surface area contributed by atoms with E-state index in [0.717, 1.165) is 44.1 Å². The summed E-state index contributed by atoms with van der Waals surface area (Å²) in [6, 6.07) is 0.167. The van der Waals surface area contributed by atoms with Crippen molar-refractivity contribution >= 4 is 5.91 Å². The minimum atomic E-state index is 0.103. The summed E-state index contributed by atoms with van der Waals surface area (Å²) in [6.07, 6.45) is 6.61. The Morgan fingerprint density at radius 1 is 1.25 bits per heavy atom. The van der Waals surface area contributed by atoms with Crippen molar-refractivity contribution in [3.8, 4) is 0 Å². The van der Waals surface area contributed by atoms with Crippen LogP contribution in [0.5, 0.6) is 0 Å². The van der Waals surface area contributed by atoms with Gasteiger partial charge in [-0.15, -0.1) is 5.10 Å². The fourth-order valence-corrected chi connectivity index (χ4v) is 4.57. The first-order valence-electron chi connectivity index (χ1n) is 10.5. The van der Waals surface area contributed by atoms with Crippen molar-refractivity contribution in [3.05, 3.63) is 11.9 Å². The van der Waals surface area contributed by atoms with Gasteiger partial charge in [0.1, 0.15) is 12.3 Å². The Balaban J connectivity index is 1.44. The van der Waals surface area contributed by atoms with E-state index >= 15 is 0 Å². The second-order valence-corrected chi connectivity index (χ2v) is 8.43. The van der Waals surface area contributed by atoms with Gasteiger partial charge in [0, 0.05) is 33.4 Å². The molecule has 3 aliphatic rings. The Morgan fingerprint density at radius 2 is 2.04 bits per heavy atom. The van der Waals surface area contributed by atoms with E-state index in [0.29, 0.717) is 25.0 Å². The van der Waals surface area contributed by atoms with Crippen LogP contribution in [-0.2, 0) is 25.6 Å². The molecular weight excluding hydrogens is 360 g/mol. The van der Waals surface area contributed by atoms with Crippen molar-refractivity contribution in [1.82, 2.24) is 19.9 Å². The first-order valence-corrected chi connectivity index (χ1v) is 10.5. The number of methoxy groups -OCH3 is 1. The van der Waals surface area contributed by atoms with Crippen LogP contribution in [0.3, 0.4) is 0 Å². The summed E-state index contributed by atoms with van der Waals surface area (Å²) >= 11 is 0. The number of likely N-dealkylation sites (tertiary alicyclic amines) is 1. The summed E-state index contributed by atoms with van der Waals surface area (Å²) in [5, 5.41) is 8.60. The van der Waals surface area contributed by atoms with Gasteiger partial charge in [-0.05, 0) is 50.4 Å². The van der Waals surface area contributed by atoms with Gasteiger partial charge >= 0.3 is 0 Å². The van der Waals surface area contributed by atoms with Gasteiger partial charge in [-0.3, -0.25) is 4.79 Å². The molecule has 4 rings (SSSR count). The zero-order chi connectivity index (χ0) is 19.5. The van der Waals surface area contributed by atoms with E-state index in [1.807, 2.05) is 22.7 Å². The average Bonchev–Trinajstić information content (AvgIpc) is 3.25. The number of carbonyl (C=O) groups is 1. The molecule has 4 atom stereocenters. The van der Waals surface area contributed by atoms with Crippen LogP contribution in [0.25, 0.3) is 0 Å². The van der Waals surface area contributed by atoms with Gasteiger partial charge in [-0.2, -0.15) is 0 Å². The average molecular weight is 393 g/mol. The number of fused-ring (bicyclic) bond motifs is 1. The van der Waals surface area contributed by atoms with E-state index in [2.05, 4.69) is 10.3 Å². The van der Waals surface area contributed by atoms with Gasteiger partial charge in [0.05, 0.1) is 24.9 Å². The fraction of sp³-hybridized carbons (Fsp3) is 0.850. The third-order valence-electron chi connectivity index (χ3n) is 6.30. The molecule has 8 heteroatoms. The first-order chi connectivity index (χ1) is 13.7. The minimum Gasteiger partial charge on any atom is -0.378 e. The second kappa shape index (κ2) is 8.88. The first kappa shape index (κ1) is 19.8. The van der Waals surface area contributed by atoms with E-state index < -0.39 is 0 Å². The van der Waals surface area contributed by atoms with Crippen molar-refractivity contribution in [2.45, 2.75) is 51.4 Å². The maximum atomic E-state index is 12.4. The Kier molecular flexibility index (Phi) is 6.28. The second-order valence-electron chi connectivity index (χ2n) is 8.43. The van der Waals surface area contributed by atoms with E-state index in [-0.39, 0.29) is 24.7 Å². The molecule has 0 radical (unpaired) electrons. The van der Waals surface area contributed by atoms with Crippen molar-refractivity contribution in [1.29, 1.82) is 0 Å². The smallest absolute Gasteiger partial charge is 0.248 e. The fourth-order valence-electron chi connectivity index (χ4n) is 4.57. The lowest BCUT2D eigenvalue weighted by Gasteiger charge is -2.37. The summed E-state index contributed by atoms with van der Waals surface area (Å²) in [5.41, 5.74) is 0.838. The van der Waals surface area contributed by atoms with Crippen molar-refractivity contribution in [2.24, 2.45) is 17.8 Å². The number of aromatic nitrogens is 3. The van der Waals surface area contributed by atoms with Crippen LogP contribution in [0.2, 0.25) is 0 Å². The monoisotopic (exact) mass is 392 g/mol. The summed E-state index contributed by atoms with van der Waals surface area (Å²) in [4.78, 5) is 14.4. The number of ether oxygens (including phenoxy) is 3. The van der Waals surface area contributed by atoms with Gasteiger partial charge in [0.15, 0.2) is 0 Å².